The Hall–Kier alpha value is -2.66. The Morgan fingerprint density at radius 3 is 2.41 bits per heavy atom. The third-order valence-electron chi connectivity index (χ3n) is 3.19. The summed E-state index contributed by atoms with van der Waals surface area (Å²) in [5, 5.41) is 10.0. The monoisotopic (exact) mass is 312 g/mol. The van der Waals surface area contributed by atoms with E-state index in [9.17, 15) is 14.7 Å². The van der Waals surface area contributed by atoms with Crippen LogP contribution in [0, 0.1) is 0 Å². The van der Waals surface area contributed by atoms with Crippen molar-refractivity contribution >= 4 is 33.2 Å². The van der Waals surface area contributed by atoms with Gasteiger partial charge in [-0.1, -0.05) is 42.5 Å². The minimum Gasteiger partial charge on any atom is -0.483 e. The smallest absolute Gasteiger partial charge is 0.349 e. The Kier molecular flexibility index (Phi) is 3.89. The fourth-order valence-corrected chi connectivity index (χ4v) is 3.14. The van der Waals surface area contributed by atoms with E-state index in [2.05, 4.69) is 0 Å². The molecule has 0 aliphatic carbocycles. The second-order valence-electron chi connectivity index (χ2n) is 4.64. The van der Waals surface area contributed by atoms with Crippen molar-refractivity contribution in [1.82, 2.24) is 0 Å². The zero-order valence-electron chi connectivity index (χ0n) is 11.5. The lowest BCUT2D eigenvalue weighted by Gasteiger charge is -2.06. The van der Waals surface area contributed by atoms with E-state index >= 15 is 0 Å². The van der Waals surface area contributed by atoms with Crippen molar-refractivity contribution in [2.75, 3.05) is 6.61 Å². The molecule has 0 saturated carbocycles. The van der Waals surface area contributed by atoms with Crippen LogP contribution in [0.25, 0.3) is 10.1 Å². The molecule has 0 radical (unpaired) electrons. The first-order valence-electron chi connectivity index (χ1n) is 6.62. The van der Waals surface area contributed by atoms with Crippen LogP contribution in [0.15, 0.2) is 54.6 Å². The van der Waals surface area contributed by atoms with Gasteiger partial charge in [-0.2, -0.15) is 0 Å². The largest absolute Gasteiger partial charge is 0.483 e. The summed E-state index contributed by atoms with van der Waals surface area (Å²) >= 11 is 1.14. The molecular weight excluding hydrogens is 300 g/mol. The van der Waals surface area contributed by atoms with Crippen LogP contribution in [0.5, 0.6) is 5.75 Å². The van der Waals surface area contributed by atoms with E-state index in [0.29, 0.717) is 10.9 Å². The molecule has 5 heteroatoms. The van der Waals surface area contributed by atoms with Gasteiger partial charge in [-0.15, -0.1) is 11.3 Å². The lowest BCUT2D eigenvalue weighted by atomic mass is 10.1. The number of ether oxygens (including phenoxy) is 1. The normalized spacial score (nSPS) is 10.5. The van der Waals surface area contributed by atoms with E-state index in [1.165, 1.54) is 0 Å². The number of ketones is 1. The Balaban J connectivity index is 1.89. The number of carbonyl (C=O) groups excluding carboxylic acids is 1. The van der Waals surface area contributed by atoms with Gasteiger partial charge in [0.25, 0.3) is 0 Å². The van der Waals surface area contributed by atoms with Gasteiger partial charge >= 0.3 is 5.97 Å². The second-order valence-corrected chi connectivity index (χ2v) is 5.69. The maximum absolute atomic E-state index is 12.1. The van der Waals surface area contributed by atoms with Crippen LogP contribution in [0.1, 0.15) is 20.0 Å². The summed E-state index contributed by atoms with van der Waals surface area (Å²) in [6.45, 7) is -0.189. The van der Waals surface area contributed by atoms with Crippen molar-refractivity contribution in [1.29, 1.82) is 0 Å². The van der Waals surface area contributed by atoms with Gasteiger partial charge in [-0.3, -0.25) is 4.79 Å². The van der Waals surface area contributed by atoms with E-state index < -0.39 is 5.97 Å². The molecule has 0 aliphatic heterocycles. The SMILES string of the molecule is O=C(COc1c(C(=O)O)sc2ccccc12)c1ccccc1. The molecule has 1 N–H and O–H groups in total. The molecule has 110 valence electrons. The highest BCUT2D eigenvalue weighted by molar-refractivity contribution is 7.21. The number of carboxylic acids is 1. The number of carboxylic acid groups (broad SMARTS) is 1. The van der Waals surface area contributed by atoms with Gasteiger partial charge in [0, 0.05) is 15.6 Å². The van der Waals surface area contributed by atoms with Crippen molar-refractivity contribution < 1.29 is 19.4 Å². The lowest BCUT2D eigenvalue weighted by molar-refractivity contribution is 0.0695. The summed E-state index contributed by atoms with van der Waals surface area (Å²) in [7, 11) is 0. The third-order valence-corrected chi connectivity index (χ3v) is 4.33. The fraction of sp³-hybridized carbons (Fsp3) is 0.0588. The van der Waals surface area contributed by atoms with Crippen LogP contribution in [-0.4, -0.2) is 23.5 Å². The van der Waals surface area contributed by atoms with Gasteiger partial charge in [0.15, 0.2) is 23.0 Å². The molecule has 1 aromatic heterocycles. The first-order valence-corrected chi connectivity index (χ1v) is 7.44. The van der Waals surface area contributed by atoms with E-state index in [4.69, 9.17) is 4.74 Å². The molecule has 0 amide bonds. The molecule has 0 saturated heterocycles. The van der Waals surface area contributed by atoms with Crippen LogP contribution in [0.3, 0.4) is 0 Å². The minimum atomic E-state index is -1.05. The summed E-state index contributed by atoms with van der Waals surface area (Å²) < 4.78 is 6.37. The molecule has 0 aliphatic rings. The zero-order valence-corrected chi connectivity index (χ0v) is 12.3. The van der Waals surface area contributed by atoms with E-state index in [-0.39, 0.29) is 23.0 Å². The predicted octanol–water partition coefficient (Wildman–Crippen LogP) is 3.86. The van der Waals surface area contributed by atoms with E-state index in [1.807, 2.05) is 24.3 Å². The highest BCUT2D eigenvalue weighted by Gasteiger charge is 2.20. The third kappa shape index (κ3) is 2.71. The fourth-order valence-electron chi connectivity index (χ4n) is 2.15. The minimum absolute atomic E-state index is 0.113. The maximum Gasteiger partial charge on any atom is 0.349 e. The average Bonchev–Trinajstić information content (AvgIpc) is 2.92. The number of carbonyl (C=O) groups is 2. The number of thiophene rings is 1. The number of hydrogen-bond donors (Lipinski definition) is 1. The van der Waals surface area contributed by atoms with E-state index in [0.717, 1.165) is 16.0 Å². The predicted molar refractivity (Wildman–Crippen MR) is 85.1 cm³/mol. The summed E-state index contributed by atoms with van der Waals surface area (Å²) in [4.78, 5) is 23.6. The van der Waals surface area contributed by atoms with Crippen molar-refractivity contribution in [3.8, 4) is 5.75 Å². The molecule has 22 heavy (non-hydrogen) atoms. The van der Waals surface area contributed by atoms with Gasteiger partial charge in [0.05, 0.1) is 0 Å². The maximum atomic E-state index is 12.1. The topological polar surface area (TPSA) is 63.6 Å². The Morgan fingerprint density at radius 2 is 1.68 bits per heavy atom. The highest BCUT2D eigenvalue weighted by atomic mass is 32.1. The number of hydrogen-bond acceptors (Lipinski definition) is 4. The van der Waals surface area contributed by atoms with Crippen LogP contribution in [0.2, 0.25) is 0 Å². The van der Waals surface area contributed by atoms with Crippen molar-refractivity contribution in [2.24, 2.45) is 0 Å². The summed E-state index contributed by atoms with van der Waals surface area (Å²) in [6, 6.07) is 16.1. The molecular formula is C17H12O4S. The molecule has 0 unspecified atom stereocenters. The summed E-state index contributed by atoms with van der Waals surface area (Å²) in [5.74, 6) is -0.979. The first-order chi connectivity index (χ1) is 10.7. The number of fused-ring (bicyclic) bond motifs is 1. The molecule has 3 aromatic rings. The lowest BCUT2D eigenvalue weighted by Crippen LogP contribution is -2.12. The standard InChI is InChI=1S/C17H12O4S/c18-13(11-6-2-1-3-7-11)10-21-15-12-8-4-5-9-14(12)22-16(15)17(19)20/h1-9H,10H2,(H,19,20). The summed E-state index contributed by atoms with van der Waals surface area (Å²) in [6.07, 6.45) is 0. The first kappa shape index (κ1) is 14.3. The zero-order chi connectivity index (χ0) is 15.5. The van der Waals surface area contributed by atoms with E-state index in [1.54, 1.807) is 30.3 Å². The number of benzene rings is 2. The Morgan fingerprint density at radius 1 is 1.00 bits per heavy atom. The molecule has 2 aromatic carbocycles. The number of aromatic carboxylic acids is 1. The number of rotatable bonds is 5. The van der Waals surface area contributed by atoms with Crippen LogP contribution in [-0.2, 0) is 0 Å². The molecule has 0 bridgehead atoms. The van der Waals surface area contributed by atoms with Crippen molar-refractivity contribution in [3.63, 3.8) is 0 Å². The Bertz CT molecular complexity index is 836. The van der Waals surface area contributed by atoms with Gasteiger partial charge in [0.2, 0.25) is 0 Å². The van der Waals surface area contributed by atoms with Crippen molar-refractivity contribution in [2.45, 2.75) is 0 Å². The van der Waals surface area contributed by atoms with Crippen LogP contribution in [0.4, 0.5) is 0 Å². The average molecular weight is 312 g/mol. The van der Waals surface area contributed by atoms with Gasteiger partial charge in [-0.05, 0) is 12.1 Å². The Labute approximate surface area is 130 Å². The van der Waals surface area contributed by atoms with Crippen molar-refractivity contribution in [3.05, 3.63) is 65.0 Å². The van der Waals surface area contributed by atoms with Gasteiger partial charge < -0.3 is 9.84 Å². The quantitative estimate of drug-likeness (QED) is 0.727. The molecule has 1 heterocycles. The second kappa shape index (κ2) is 5.99. The van der Waals surface area contributed by atoms with Gasteiger partial charge in [0.1, 0.15) is 0 Å². The highest BCUT2D eigenvalue weighted by Crippen LogP contribution is 2.37. The molecule has 0 fully saturated rings. The number of Topliss-reactive ketones (excluding diaryl/α,β-unsaturated/α-hetero) is 1. The summed E-state index contributed by atoms with van der Waals surface area (Å²) in [5.41, 5.74) is 0.541. The van der Waals surface area contributed by atoms with Gasteiger partial charge in [-0.25, -0.2) is 4.79 Å². The molecule has 0 atom stereocenters. The molecule has 0 spiro atoms. The molecule has 4 nitrogen and oxygen atoms in total. The van der Waals surface area contributed by atoms with Crippen LogP contribution >= 0.6 is 11.3 Å². The van der Waals surface area contributed by atoms with Crippen LogP contribution < -0.4 is 4.74 Å². The molecule has 3 rings (SSSR count).